The van der Waals surface area contributed by atoms with Crippen molar-refractivity contribution in [1.29, 1.82) is 0 Å². The molecule has 4 fully saturated rings. The summed E-state index contributed by atoms with van der Waals surface area (Å²) in [7, 11) is 2.40. The predicted molar refractivity (Wildman–Crippen MR) is 581 cm³/mol. The topological polar surface area (TPSA) is 331 Å². The zero-order chi connectivity index (χ0) is 100. The van der Waals surface area contributed by atoms with Crippen molar-refractivity contribution in [1.82, 2.24) is 28.1 Å². The van der Waals surface area contributed by atoms with E-state index in [0.29, 0.717) is 61.5 Å². The van der Waals surface area contributed by atoms with Crippen molar-refractivity contribution in [2.75, 3.05) is 30.2 Å². The Kier molecular flexibility index (Phi) is 44.8. The zero-order valence-electron chi connectivity index (χ0n) is 80.0. The van der Waals surface area contributed by atoms with Gasteiger partial charge in [-0.2, -0.15) is 13.1 Å². The summed E-state index contributed by atoms with van der Waals surface area (Å²) in [5, 5.41) is 20.1. The minimum absolute atomic E-state index is 0. The number of nitrogens with zero attached hydrogens (tertiary/aromatic N) is 6. The third kappa shape index (κ3) is 30.3. The number of amides is 3. The first-order valence-corrected chi connectivity index (χ1v) is 51.0. The van der Waals surface area contributed by atoms with E-state index in [1.807, 2.05) is 295 Å². The van der Waals surface area contributed by atoms with Crippen LogP contribution in [0.25, 0.3) is 53.8 Å². The van der Waals surface area contributed by atoms with Crippen molar-refractivity contribution in [3.8, 4) is 83.4 Å². The Morgan fingerprint density at radius 2 is 0.721 bits per heavy atom. The first kappa shape index (κ1) is 116. The molecule has 36 heteroatoms. The van der Waals surface area contributed by atoms with Crippen LogP contribution in [-0.2, 0) is 63.6 Å². The molecule has 3 aliphatic carbocycles. The molecule has 0 spiro atoms. The normalized spacial score (nSPS) is 14.3. The summed E-state index contributed by atoms with van der Waals surface area (Å²) >= 11 is 34.4. The fourth-order valence-corrected chi connectivity index (χ4v) is 18.8. The van der Waals surface area contributed by atoms with Crippen LogP contribution in [0.3, 0.4) is 0 Å². The number of hydrogen-bond donors (Lipinski definition) is 4. The van der Waals surface area contributed by atoms with Gasteiger partial charge < -0.3 is 43.6 Å². The second-order valence-electron chi connectivity index (χ2n) is 33.0. The number of pyridine rings is 3. The number of carbonyl (C=O) groups is 6. The number of esters is 2. The number of rotatable bonds is 21. The zero-order valence-corrected chi connectivity index (χ0v) is 91.9. The van der Waals surface area contributed by atoms with Crippen LogP contribution < -0.4 is 40.3 Å². The molecule has 5 N–H and O–H groups in total. The molecule has 24 nitrogen and oxygen atoms in total. The fraction of sp³-hybridized carbons (Fsp3) is 0.308. The van der Waals surface area contributed by atoms with E-state index >= 15 is 0 Å². The number of benzene rings is 6. The molecule has 3 atom stereocenters. The van der Waals surface area contributed by atoms with Crippen molar-refractivity contribution in [2.24, 2.45) is 0 Å². The summed E-state index contributed by atoms with van der Waals surface area (Å²) in [5.41, 5.74) is 13.2. The van der Waals surface area contributed by atoms with Crippen LogP contribution in [0.4, 0.5) is 31.4 Å². The first-order valence-electron chi connectivity index (χ1n) is 44.0. The average molecular weight is 2360 g/mol. The van der Waals surface area contributed by atoms with Gasteiger partial charge >= 0.3 is 62.2 Å². The molecule has 1 aliphatic heterocycles. The van der Waals surface area contributed by atoms with Crippen LogP contribution >= 0.6 is 149 Å². The number of ether oxygens (including phenoxy) is 5. The number of carboxylic acid groups (broad SMARTS) is 1. The van der Waals surface area contributed by atoms with Gasteiger partial charge in [0.2, 0.25) is 0 Å². The summed E-state index contributed by atoms with van der Waals surface area (Å²) in [6.07, 6.45) is 9.26. The smallest absolute Gasteiger partial charge is 0.870 e. The van der Waals surface area contributed by atoms with E-state index in [1.165, 1.54) is 48.8 Å². The Bertz CT molecular complexity index is 6380. The minimum Gasteiger partial charge on any atom is -0.870 e. The van der Waals surface area contributed by atoms with E-state index < -0.39 is 77.1 Å². The van der Waals surface area contributed by atoms with Gasteiger partial charge in [-0.05, 0) is 229 Å². The fourth-order valence-electron chi connectivity index (χ4n) is 14.1. The number of halogens is 7. The predicted octanol–water partition coefficient (Wildman–Crippen LogP) is 25.1. The van der Waals surface area contributed by atoms with Crippen LogP contribution in [-0.4, -0.2) is 107 Å². The van der Waals surface area contributed by atoms with Gasteiger partial charge in [-0.25, -0.2) is 19.4 Å². The number of aliphatic carboxylic acids is 1. The summed E-state index contributed by atoms with van der Waals surface area (Å²) in [6.45, 7) is 25.1. The minimum atomic E-state index is -0.794. The molecule has 0 bridgehead atoms. The van der Waals surface area contributed by atoms with Gasteiger partial charge in [-0.1, -0.05) is 231 Å². The third-order valence-corrected chi connectivity index (χ3v) is 28.6. The Morgan fingerprint density at radius 1 is 0.436 bits per heavy atom. The van der Waals surface area contributed by atoms with Crippen LogP contribution in [0.1, 0.15) is 196 Å². The second kappa shape index (κ2) is 54.2. The SMILES string of the molecule is CCC#CI.CCC#CI.CCC#CI.COC(=O)C1(c2ccc(-c3ccc(-c4snc(C)c4NC(=O)O[C@H](C)c4ccccc4Cl)cc3)nc2)CC1.COC(=O)C1(c2ccc(Cl)nc2)CC1.Cc1nsc(-c2ccc(-c3ccc(C4(C(=O)O)CC4)cn3)cc2)c1NC(=O)O[C@H](C)c1ccccc1Cl.Cc1nsc(-c2ccc(B3OC(C)(C)C(C)(C)O3)cc2)c1NC(=O)O[C@H](C)c1ccccc1Cl.[Li+].[OH-]. The molecular weight excluding hydrogens is 2250 g/mol. The van der Waals surface area contributed by atoms with Gasteiger partial charge in [0.1, 0.15) is 23.5 Å². The third-order valence-electron chi connectivity index (χ3n) is 23.2. The first-order chi connectivity index (χ1) is 66.0. The van der Waals surface area contributed by atoms with E-state index in [4.69, 9.17) is 79.4 Å². The molecule has 0 radical (unpaired) electrons. The molecule has 140 heavy (non-hydrogen) atoms. The summed E-state index contributed by atoms with van der Waals surface area (Å²) < 4.78 is 60.2. The molecule has 3 saturated carbocycles. The molecule has 7 heterocycles. The number of carbonyl (C=O) groups excluding carboxylic acids is 5. The molecule has 4 aliphatic rings. The van der Waals surface area contributed by atoms with E-state index in [0.717, 1.165) is 143 Å². The average Bonchev–Trinajstić information content (AvgIpc) is 1.60. The van der Waals surface area contributed by atoms with Crippen molar-refractivity contribution >= 4 is 215 Å². The van der Waals surface area contributed by atoms with Gasteiger partial charge in [0.05, 0.1) is 102 Å². The number of methoxy groups -OCH3 is 2. The van der Waals surface area contributed by atoms with E-state index in [1.54, 1.807) is 63.6 Å². The van der Waals surface area contributed by atoms with Crippen molar-refractivity contribution in [3.05, 3.63) is 271 Å². The van der Waals surface area contributed by atoms with E-state index in [9.17, 15) is 33.9 Å². The molecular formula is C104H104BCl4I3LiN9O15S3. The molecule has 3 amide bonds. The maximum atomic E-state index is 12.7. The quantitative estimate of drug-likeness (QED) is 0.0130. The summed E-state index contributed by atoms with van der Waals surface area (Å²) in [6, 6.07) is 56.5. The van der Waals surface area contributed by atoms with Gasteiger partial charge in [-0.3, -0.25) is 40.3 Å². The number of aryl methyl sites for hydroxylation is 3. The maximum Gasteiger partial charge on any atom is 1.00 e. The van der Waals surface area contributed by atoms with Crippen LogP contribution in [0.15, 0.2) is 201 Å². The number of carboxylic acids is 1. The van der Waals surface area contributed by atoms with Crippen molar-refractivity contribution in [3.63, 3.8) is 0 Å². The largest absolute Gasteiger partial charge is 1.00 e. The van der Waals surface area contributed by atoms with Gasteiger partial charge in [-0.15, -0.1) is 0 Å². The Balaban J connectivity index is 0.000000223. The molecule has 6 aromatic carbocycles. The molecule has 1 saturated heterocycles. The Hall–Kier alpha value is -9.55. The second-order valence-corrected chi connectivity index (χ2v) is 38.6. The number of hydrogen-bond acceptors (Lipinski definition) is 23. The number of aromatic nitrogens is 6. The standard InChI is InChI=1S/C29H26ClN3O4S.C28H24ClN3O4S.C25H28BClN2O4S.C10H10ClNO2.3C4H5I.Li.H2O/c1-17-25(32-28(35)37-18(2)22-6-4-5-7-23(22)30)26(38-33-17)20-10-8-19(9-11-20)24-13-12-21(16-31-24)29(14-15-29)27(34)36-3;1-16-24(31-27(35)36-17(2)21-5-3-4-6-22(21)29)25(37-32-16)19-9-7-18(8-10-19)23-12-11-20(15-30-23)28(13-14-28)26(33)34;1-15-21(28-23(30)31-16(2)19-9-7-8-10-20(19)27)22(34-29-15)17-11-13-18(14-12-17)26-32-24(3,4)25(5,6)33-26;1-14-9(13)10(4-5-10)7-2-3-8(11)12-6-7;3*1-2-3-4-5;;/h4-13,16,18H,14-15H2,1-3H3,(H,32,35);3-12,15,17H,13-14H2,1-2H3,(H,31,35)(H,33,34);7-14,16H,1-6H3,(H,28,30);2-3,6H,4-5H2,1H3;3*2H2,1H3;;1H2/q;;;;;;;+1;/p-1/t18-;17-;16-;;;;;;/m111....../s1. The van der Waals surface area contributed by atoms with Gasteiger partial charge in [0.15, 0.2) is 0 Å². The summed E-state index contributed by atoms with van der Waals surface area (Å²) in [5.74, 6) is 7.36. The van der Waals surface area contributed by atoms with Crippen molar-refractivity contribution in [2.45, 2.75) is 194 Å². The number of anilines is 3. The van der Waals surface area contributed by atoms with Crippen LogP contribution in [0, 0.1) is 50.3 Å². The van der Waals surface area contributed by atoms with Gasteiger partial charge in [0.25, 0.3) is 0 Å². The van der Waals surface area contributed by atoms with Crippen LogP contribution in [0.2, 0.25) is 20.2 Å². The van der Waals surface area contributed by atoms with E-state index in [-0.39, 0.29) is 36.3 Å². The number of nitrogens with one attached hydrogen (secondary N) is 3. The monoisotopic (exact) mass is 2350 g/mol. The molecule has 12 aromatic rings. The molecule has 16 rings (SSSR count). The maximum absolute atomic E-state index is 12.7. The molecule has 726 valence electrons. The summed E-state index contributed by atoms with van der Waals surface area (Å²) in [4.78, 5) is 88.8. The van der Waals surface area contributed by atoms with Crippen molar-refractivity contribution < 1.29 is 91.2 Å². The van der Waals surface area contributed by atoms with Crippen LogP contribution in [0.5, 0.6) is 0 Å². The molecule has 6 aromatic heterocycles. The Labute approximate surface area is 903 Å². The van der Waals surface area contributed by atoms with E-state index in [2.05, 4.69) is 73.6 Å². The van der Waals surface area contributed by atoms with Gasteiger partial charge in [0, 0.05) is 149 Å². The molecule has 0 unspecified atom stereocenters. The Morgan fingerprint density at radius 3 is 0.971 bits per heavy atom.